The van der Waals surface area contributed by atoms with E-state index < -0.39 is 53.1 Å². The normalized spacial score (nSPS) is 27.6. The van der Waals surface area contributed by atoms with E-state index in [1.165, 1.54) is 0 Å². The first-order valence-electron chi connectivity index (χ1n) is 5.60. The van der Waals surface area contributed by atoms with Gasteiger partial charge in [-0.1, -0.05) is 15.9 Å². The Morgan fingerprint density at radius 1 is 0.731 bits per heavy atom. The Morgan fingerprint density at radius 2 is 1.04 bits per heavy atom. The molecule has 0 spiro atoms. The van der Waals surface area contributed by atoms with Crippen LogP contribution >= 0.6 is 15.9 Å². The van der Waals surface area contributed by atoms with Crippen LogP contribution in [0.15, 0.2) is 0 Å². The SMILES string of the molecule is O=C(CBr)OC(F)(F)OC1(F)C(F)(F)C(F)(F)C(F)(F)C(F)(F)C1(F)F. The lowest BCUT2D eigenvalue weighted by molar-refractivity contribution is -0.563. The van der Waals surface area contributed by atoms with Gasteiger partial charge in [-0.2, -0.15) is 48.3 Å². The predicted octanol–water partition coefficient (Wildman–Crippen LogP) is 4.35. The second-order valence-corrected chi connectivity index (χ2v) is 5.20. The molecule has 1 aliphatic rings. The molecule has 0 aromatic carbocycles. The van der Waals surface area contributed by atoms with Crippen molar-refractivity contribution in [2.75, 3.05) is 5.33 Å². The molecule has 0 radical (unpaired) electrons. The first-order valence-corrected chi connectivity index (χ1v) is 6.72. The van der Waals surface area contributed by atoms with Crippen LogP contribution in [0.4, 0.5) is 57.1 Å². The smallest absolute Gasteiger partial charge is 0.376 e. The van der Waals surface area contributed by atoms with Crippen LogP contribution in [0.25, 0.3) is 0 Å². The fraction of sp³-hybridized carbons (Fsp3) is 0.889. The second-order valence-electron chi connectivity index (χ2n) is 4.64. The van der Waals surface area contributed by atoms with Crippen LogP contribution in [0.2, 0.25) is 0 Å². The van der Waals surface area contributed by atoms with Gasteiger partial charge in [-0.3, -0.25) is 4.79 Å². The molecule has 0 aromatic rings. The molecular weight excluding hydrogens is 483 g/mol. The Kier molecular flexibility index (Phi) is 5.09. The molecule has 1 saturated carbocycles. The Balaban J connectivity index is 3.63. The monoisotopic (exact) mass is 484 g/mol. The number of esters is 1. The van der Waals surface area contributed by atoms with E-state index in [0.29, 0.717) is 0 Å². The minimum atomic E-state index is -7.64. The molecule has 0 aromatic heterocycles. The Labute approximate surface area is 141 Å². The van der Waals surface area contributed by atoms with Crippen molar-refractivity contribution in [3.8, 4) is 0 Å². The molecule has 1 aliphatic carbocycles. The third-order valence-electron chi connectivity index (χ3n) is 2.99. The van der Waals surface area contributed by atoms with Gasteiger partial charge in [-0.25, -0.2) is 4.74 Å². The van der Waals surface area contributed by atoms with Gasteiger partial charge in [0.25, 0.3) is 0 Å². The molecule has 0 aliphatic heterocycles. The summed E-state index contributed by atoms with van der Waals surface area (Å²) in [4.78, 5) is 10.5. The summed E-state index contributed by atoms with van der Waals surface area (Å²) >= 11 is 2.11. The Bertz CT molecular complexity index is 559. The molecule has 26 heavy (non-hydrogen) atoms. The summed E-state index contributed by atoms with van der Waals surface area (Å²) in [6.45, 7) is 0. The maximum Gasteiger partial charge on any atom is 0.540 e. The van der Waals surface area contributed by atoms with Gasteiger partial charge in [0.15, 0.2) is 0 Å². The van der Waals surface area contributed by atoms with Gasteiger partial charge in [0.05, 0.1) is 0 Å². The molecule has 1 fully saturated rings. The minimum absolute atomic E-state index is 1.23. The second kappa shape index (κ2) is 5.75. The van der Waals surface area contributed by atoms with E-state index in [2.05, 4.69) is 20.7 Å². The number of alkyl halides is 14. The van der Waals surface area contributed by atoms with Crippen LogP contribution in [0.3, 0.4) is 0 Å². The van der Waals surface area contributed by atoms with E-state index in [-0.39, 0.29) is 0 Å². The van der Waals surface area contributed by atoms with Crippen molar-refractivity contribution in [1.29, 1.82) is 0 Å². The van der Waals surface area contributed by atoms with Gasteiger partial charge in [0.2, 0.25) is 0 Å². The number of rotatable bonds is 4. The number of carbonyl (C=O) groups is 1. The van der Waals surface area contributed by atoms with Crippen molar-refractivity contribution in [2.45, 2.75) is 41.8 Å². The molecule has 0 amide bonds. The number of halogens is 14. The summed E-state index contributed by atoms with van der Waals surface area (Å²) in [7, 11) is 0. The van der Waals surface area contributed by atoms with Crippen molar-refractivity contribution in [3.05, 3.63) is 0 Å². The van der Waals surface area contributed by atoms with Crippen LogP contribution in [-0.2, 0) is 14.3 Å². The summed E-state index contributed by atoms with van der Waals surface area (Å²) < 4.78 is 175. The molecule has 0 unspecified atom stereocenters. The quantitative estimate of drug-likeness (QED) is 0.257. The standard InChI is InChI=1S/C9H2BrF13O3/c10-1-2(24)25-9(22,23)26-8(21)6(17,18)4(13,14)3(11,12)5(15,16)7(8,19)20/h1H2. The maximum absolute atomic E-state index is 13.8. The van der Waals surface area contributed by atoms with Crippen LogP contribution in [0.5, 0.6) is 0 Å². The third-order valence-corrected chi connectivity index (χ3v) is 3.44. The first-order chi connectivity index (χ1) is 11.2. The largest absolute Gasteiger partial charge is 0.540 e. The van der Waals surface area contributed by atoms with E-state index >= 15 is 0 Å². The van der Waals surface area contributed by atoms with Crippen LogP contribution in [0.1, 0.15) is 0 Å². The van der Waals surface area contributed by atoms with Crippen LogP contribution in [-0.4, -0.2) is 53.1 Å². The Hall–Kier alpha value is -1.00. The van der Waals surface area contributed by atoms with Crippen molar-refractivity contribution >= 4 is 21.9 Å². The van der Waals surface area contributed by atoms with Crippen molar-refractivity contribution in [2.24, 2.45) is 0 Å². The number of hydrogen-bond donors (Lipinski definition) is 0. The van der Waals surface area contributed by atoms with Gasteiger partial charge in [-0.15, -0.1) is 8.78 Å². The lowest BCUT2D eigenvalue weighted by Gasteiger charge is -2.51. The molecule has 0 saturated heterocycles. The maximum atomic E-state index is 13.8. The van der Waals surface area contributed by atoms with E-state index in [9.17, 15) is 61.9 Å². The minimum Gasteiger partial charge on any atom is -0.376 e. The lowest BCUT2D eigenvalue weighted by atomic mass is 9.78. The van der Waals surface area contributed by atoms with E-state index in [4.69, 9.17) is 0 Å². The van der Waals surface area contributed by atoms with Gasteiger partial charge < -0.3 is 4.74 Å². The van der Waals surface area contributed by atoms with E-state index in [1.54, 1.807) is 0 Å². The Morgan fingerprint density at radius 3 is 1.35 bits per heavy atom. The average molecular weight is 485 g/mol. The lowest BCUT2D eigenvalue weighted by Crippen LogP contribution is -2.84. The molecule has 1 rings (SSSR count). The van der Waals surface area contributed by atoms with Crippen molar-refractivity contribution in [3.63, 3.8) is 0 Å². The summed E-state index contributed by atoms with van der Waals surface area (Å²) in [6.07, 6.45) is -6.26. The van der Waals surface area contributed by atoms with Gasteiger partial charge in [0, 0.05) is 0 Å². The topological polar surface area (TPSA) is 35.5 Å². The zero-order valence-corrected chi connectivity index (χ0v) is 12.8. The van der Waals surface area contributed by atoms with Crippen molar-refractivity contribution in [1.82, 2.24) is 0 Å². The summed E-state index contributed by atoms with van der Waals surface area (Å²) in [5.41, 5.74) is 0. The van der Waals surface area contributed by atoms with E-state index in [1.807, 2.05) is 4.74 Å². The molecule has 154 valence electrons. The fourth-order valence-corrected chi connectivity index (χ4v) is 1.78. The zero-order valence-electron chi connectivity index (χ0n) is 11.2. The van der Waals surface area contributed by atoms with E-state index in [0.717, 1.165) is 0 Å². The van der Waals surface area contributed by atoms with Gasteiger partial charge in [-0.05, 0) is 0 Å². The molecule has 0 atom stereocenters. The highest BCUT2D eigenvalue weighted by atomic mass is 79.9. The number of ether oxygens (including phenoxy) is 2. The molecule has 0 bridgehead atoms. The fourth-order valence-electron chi connectivity index (χ4n) is 1.67. The summed E-state index contributed by atoms with van der Waals surface area (Å²) in [6, 6.07) is 0. The van der Waals surface area contributed by atoms with Crippen LogP contribution < -0.4 is 0 Å². The van der Waals surface area contributed by atoms with Gasteiger partial charge in [0.1, 0.15) is 5.33 Å². The van der Waals surface area contributed by atoms with Crippen LogP contribution in [0, 0.1) is 0 Å². The predicted molar refractivity (Wildman–Crippen MR) is 54.5 cm³/mol. The number of carbonyl (C=O) groups excluding carboxylic acids is 1. The molecule has 17 heteroatoms. The highest BCUT2D eigenvalue weighted by molar-refractivity contribution is 9.09. The molecule has 3 nitrogen and oxygen atoms in total. The van der Waals surface area contributed by atoms with Crippen molar-refractivity contribution < 1.29 is 71.3 Å². The number of hydrogen-bond acceptors (Lipinski definition) is 3. The highest BCUT2D eigenvalue weighted by Gasteiger charge is 3.03. The molecule has 0 N–H and O–H groups in total. The molecular formula is C9H2BrF13O3. The van der Waals surface area contributed by atoms with Gasteiger partial charge >= 0.3 is 47.7 Å². The highest BCUT2D eigenvalue weighted by Crippen LogP contribution is 2.70. The zero-order chi connectivity index (χ0) is 21.2. The average Bonchev–Trinajstić information content (AvgIpc) is 2.43. The summed E-state index contributed by atoms with van der Waals surface area (Å²) in [5, 5.41) is -1.23. The third kappa shape index (κ3) is 2.56. The molecule has 0 heterocycles. The summed E-state index contributed by atoms with van der Waals surface area (Å²) in [5.74, 6) is -47.8. The first kappa shape index (κ1) is 23.0.